The molecule has 4 nitrogen and oxygen atoms in total. The van der Waals surface area contributed by atoms with Crippen LogP contribution in [0, 0.1) is 5.82 Å². The molecule has 0 radical (unpaired) electrons. The van der Waals surface area contributed by atoms with E-state index in [0.29, 0.717) is 11.5 Å². The molecule has 2 rings (SSSR count). The van der Waals surface area contributed by atoms with Gasteiger partial charge in [0.15, 0.2) is 17.3 Å². The van der Waals surface area contributed by atoms with Crippen molar-refractivity contribution < 1.29 is 18.7 Å². The Balaban J connectivity index is 2.42. The Morgan fingerprint density at radius 2 is 1.89 bits per heavy atom. The van der Waals surface area contributed by atoms with Crippen molar-refractivity contribution in [2.75, 3.05) is 14.2 Å². The van der Waals surface area contributed by atoms with Crippen molar-refractivity contribution in [3.8, 4) is 11.5 Å². The minimum absolute atomic E-state index is 0.213. The number of pyridine rings is 1. The SMILES string of the molecule is COc1ccc(C(=O)c2ncccc2F)cc1OC. The van der Waals surface area contributed by atoms with Gasteiger partial charge in [-0.05, 0) is 30.3 Å². The average molecular weight is 261 g/mol. The molecule has 1 aromatic carbocycles. The van der Waals surface area contributed by atoms with E-state index >= 15 is 0 Å². The zero-order valence-corrected chi connectivity index (χ0v) is 10.5. The third-order valence-electron chi connectivity index (χ3n) is 2.62. The van der Waals surface area contributed by atoms with E-state index in [1.807, 2.05) is 0 Å². The first-order valence-corrected chi connectivity index (χ1v) is 5.54. The zero-order valence-electron chi connectivity index (χ0n) is 10.5. The van der Waals surface area contributed by atoms with Crippen LogP contribution in [0.25, 0.3) is 0 Å². The molecule has 2 aromatic rings. The highest BCUT2D eigenvalue weighted by molar-refractivity contribution is 6.08. The number of halogens is 1. The smallest absolute Gasteiger partial charge is 0.214 e. The Morgan fingerprint density at radius 1 is 1.16 bits per heavy atom. The maximum atomic E-state index is 13.5. The minimum atomic E-state index is -0.651. The lowest BCUT2D eigenvalue weighted by atomic mass is 10.1. The molecule has 5 heteroatoms. The van der Waals surface area contributed by atoms with Crippen LogP contribution < -0.4 is 9.47 Å². The molecule has 0 aliphatic rings. The number of carbonyl (C=O) groups is 1. The van der Waals surface area contributed by atoms with Gasteiger partial charge in [-0.3, -0.25) is 4.79 Å². The van der Waals surface area contributed by atoms with E-state index in [4.69, 9.17) is 9.47 Å². The molecule has 19 heavy (non-hydrogen) atoms. The summed E-state index contributed by atoms with van der Waals surface area (Å²) in [5.74, 6) is -0.244. The average Bonchev–Trinajstić information content (AvgIpc) is 2.46. The first-order valence-electron chi connectivity index (χ1n) is 5.54. The second-order valence-electron chi connectivity index (χ2n) is 3.73. The summed E-state index contributed by atoms with van der Waals surface area (Å²) < 4.78 is 23.7. The number of hydrogen-bond acceptors (Lipinski definition) is 4. The molecule has 0 saturated carbocycles. The molecule has 1 aromatic heterocycles. The molecule has 0 fully saturated rings. The third-order valence-corrected chi connectivity index (χ3v) is 2.62. The van der Waals surface area contributed by atoms with Crippen molar-refractivity contribution in [1.29, 1.82) is 0 Å². The van der Waals surface area contributed by atoms with E-state index in [1.54, 1.807) is 6.07 Å². The highest BCUT2D eigenvalue weighted by atomic mass is 19.1. The van der Waals surface area contributed by atoms with Crippen molar-refractivity contribution in [3.63, 3.8) is 0 Å². The molecule has 0 amide bonds. The van der Waals surface area contributed by atoms with Crippen LogP contribution in [0.5, 0.6) is 11.5 Å². The number of ether oxygens (including phenoxy) is 2. The standard InChI is InChI=1S/C14H12FNO3/c1-18-11-6-5-9(8-12(11)19-2)14(17)13-10(15)4-3-7-16-13/h3-8H,1-2H3. The van der Waals surface area contributed by atoms with Crippen LogP contribution in [0.3, 0.4) is 0 Å². The number of methoxy groups -OCH3 is 2. The van der Waals surface area contributed by atoms with Crippen LogP contribution in [0.15, 0.2) is 36.5 Å². The summed E-state index contributed by atoms with van der Waals surface area (Å²) >= 11 is 0. The molecule has 0 aliphatic heterocycles. The highest BCUT2D eigenvalue weighted by Gasteiger charge is 2.17. The van der Waals surface area contributed by atoms with Crippen molar-refractivity contribution in [2.24, 2.45) is 0 Å². The van der Waals surface area contributed by atoms with E-state index < -0.39 is 11.6 Å². The van der Waals surface area contributed by atoms with Gasteiger partial charge in [0, 0.05) is 11.8 Å². The lowest BCUT2D eigenvalue weighted by molar-refractivity contribution is 0.103. The zero-order chi connectivity index (χ0) is 13.8. The summed E-state index contributed by atoms with van der Waals surface area (Å²) in [5.41, 5.74) is 0.0740. The van der Waals surface area contributed by atoms with Crippen LogP contribution in [0.2, 0.25) is 0 Å². The van der Waals surface area contributed by atoms with Crippen LogP contribution >= 0.6 is 0 Å². The van der Waals surface area contributed by atoms with Crippen LogP contribution in [-0.4, -0.2) is 25.0 Å². The quantitative estimate of drug-likeness (QED) is 0.793. The Morgan fingerprint density at radius 3 is 2.53 bits per heavy atom. The minimum Gasteiger partial charge on any atom is -0.493 e. The number of nitrogens with zero attached hydrogens (tertiary/aromatic N) is 1. The molecule has 0 bridgehead atoms. The van der Waals surface area contributed by atoms with Crippen LogP contribution in [0.4, 0.5) is 4.39 Å². The van der Waals surface area contributed by atoms with E-state index in [2.05, 4.69) is 4.98 Å². The fourth-order valence-electron chi connectivity index (χ4n) is 1.67. The van der Waals surface area contributed by atoms with Gasteiger partial charge >= 0.3 is 0 Å². The van der Waals surface area contributed by atoms with Crippen LogP contribution in [0.1, 0.15) is 16.1 Å². The number of ketones is 1. The van der Waals surface area contributed by atoms with Gasteiger partial charge in [-0.15, -0.1) is 0 Å². The Bertz CT molecular complexity index is 613. The van der Waals surface area contributed by atoms with Crippen LogP contribution in [-0.2, 0) is 0 Å². The van der Waals surface area contributed by atoms with Gasteiger partial charge in [0.25, 0.3) is 0 Å². The van der Waals surface area contributed by atoms with Gasteiger partial charge in [0.2, 0.25) is 5.78 Å². The number of hydrogen-bond donors (Lipinski definition) is 0. The molecular formula is C14H12FNO3. The topological polar surface area (TPSA) is 48.4 Å². The fraction of sp³-hybridized carbons (Fsp3) is 0.143. The van der Waals surface area contributed by atoms with Gasteiger partial charge in [-0.1, -0.05) is 0 Å². The Hall–Kier alpha value is -2.43. The molecule has 0 saturated heterocycles. The Kier molecular flexibility index (Phi) is 3.75. The van der Waals surface area contributed by atoms with E-state index in [9.17, 15) is 9.18 Å². The lowest BCUT2D eigenvalue weighted by Crippen LogP contribution is -2.07. The molecule has 0 spiro atoms. The van der Waals surface area contributed by atoms with E-state index in [1.165, 1.54) is 44.7 Å². The first-order chi connectivity index (χ1) is 9.17. The van der Waals surface area contributed by atoms with Gasteiger partial charge in [-0.2, -0.15) is 0 Å². The van der Waals surface area contributed by atoms with Gasteiger partial charge in [-0.25, -0.2) is 9.37 Å². The van der Waals surface area contributed by atoms with Crippen molar-refractivity contribution >= 4 is 5.78 Å². The lowest BCUT2D eigenvalue weighted by Gasteiger charge is -2.09. The molecule has 0 unspecified atom stereocenters. The number of benzene rings is 1. The van der Waals surface area contributed by atoms with Gasteiger partial charge in [0.05, 0.1) is 14.2 Å². The summed E-state index contributed by atoms with van der Waals surface area (Å²) in [4.78, 5) is 15.9. The van der Waals surface area contributed by atoms with E-state index in [-0.39, 0.29) is 11.3 Å². The molecular weight excluding hydrogens is 249 g/mol. The molecule has 1 heterocycles. The predicted octanol–water partition coefficient (Wildman–Crippen LogP) is 2.47. The monoisotopic (exact) mass is 261 g/mol. The summed E-state index contributed by atoms with van der Waals surface area (Å²) in [7, 11) is 2.96. The molecule has 0 N–H and O–H groups in total. The summed E-state index contributed by atoms with van der Waals surface area (Å²) in [5, 5.41) is 0. The highest BCUT2D eigenvalue weighted by Crippen LogP contribution is 2.28. The first kappa shape index (κ1) is 13.0. The third kappa shape index (κ3) is 2.54. The second-order valence-corrected chi connectivity index (χ2v) is 3.73. The second kappa shape index (κ2) is 5.48. The Labute approximate surface area is 109 Å². The number of rotatable bonds is 4. The fourth-order valence-corrected chi connectivity index (χ4v) is 1.67. The molecule has 98 valence electrons. The largest absolute Gasteiger partial charge is 0.493 e. The predicted molar refractivity (Wildman–Crippen MR) is 67.2 cm³/mol. The van der Waals surface area contributed by atoms with Crippen molar-refractivity contribution in [1.82, 2.24) is 4.98 Å². The van der Waals surface area contributed by atoms with Gasteiger partial charge < -0.3 is 9.47 Å². The molecule has 0 aliphatic carbocycles. The maximum Gasteiger partial charge on any atom is 0.214 e. The van der Waals surface area contributed by atoms with E-state index in [0.717, 1.165) is 0 Å². The van der Waals surface area contributed by atoms with Crippen molar-refractivity contribution in [2.45, 2.75) is 0 Å². The molecule has 0 atom stereocenters. The summed E-state index contributed by atoms with van der Waals surface area (Å²) in [6.07, 6.45) is 1.37. The maximum absolute atomic E-state index is 13.5. The number of carbonyl (C=O) groups excluding carboxylic acids is 1. The summed E-state index contributed by atoms with van der Waals surface area (Å²) in [6.45, 7) is 0. The number of aromatic nitrogens is 1. The normalized spacial score (nSPS) is 10.1. The van der Waals surface area contributed by atoms with Crippen molar-refractivity contribution in [3.05, 3.63) is 53.6 Å². The summed E-state index contributed by atoms with van der Waals surface area (Å²) in [6, 6.07) is 7.25. The van der Waals surface area contributed by atoms with Gasteiger partial charge in [0.1, 0.15) is 5.69 Å².